The lowest BCUT2D eigenvalue weighted by molar-refractivity contribution is -0.274. The predicted octanol–water partition coefficient (Wildman–Crippen LogP) is 6.24. The first kappa shape index (κ1) is 21.4. The zero-order valence-corrected chi connectivity index (χ0v) is 15.9. The van der Waals surface area contributed by atoms with E-state index in [0.29, 0.717) is 11.1 Å². The van der Waals surface area contributed by atoms with Crippen molar-refractivity contribution in [2.24, 2.45) is 0 Å². The van der Waals surface area contributed by atoms with Gasteiger partial charge in [-0.05, 0) is 30.7 Å². The molecule has 0 radical (unpaired) electrons. The van der Waals surface area contributed by atoms with Crippen LogP contribution < -0.4 is 9.47 Å². The molecule has 0 saturated carbocycles. The SMILES string of the molecule is Cc1ccc(-c2cc(Oc3ccc(OC(F)(F)F)cc3Cl)c(C(=O)O)cn2)cc1F. The third kappa shape index (κ3) is 4.98. The summed E-state index contributed by atoms with van der Waals surface area (Å²) in [6.07, 6.45) is -3.87. The molecule has 2 aromatic carbocycles. The van der Waals surface area contributed by atoms with Crippen molar-refractivity contribution in [1.29, 1.82) is 0 Å². The van der Waals surface area contributed by atoms with Gasteiger partial charge in [0.1, 0.15) is 28.6 Å². The lowest BCUT2D eigenvalue weighted by Gasteiger charge is -2.13. The minimum atomic E-state index is -4.90. The summed E-state index contributed by atoms with van der Waals surface area (Å²) in [7, 11) is 0. The van der Waals surface area contributed by atoms with Gasteiger partial charge in [-0.25, -0.2) is 9.18 Å². The molecule has 3 aromatic rings. The van der Waals surface area contributed by atoms with Gasteiger partial charge in [-0.15, -0.1) is 13.2 Å². The molecule has 0 aliphatic heterocycles. The highest BCUT2D eigenvalue weighted by Gasteiger charge is 2.31. The molecule has 0 unspecified atom stereocenters. The van der Waals surface area contributed by atoms with Crippen molar-refractivity contribution in [2.75, 3.05) is 0 Å². The maximum Gasteiger partial charge on any atom is 0.573 e. The summed E-state index contributed by atoms with van der Waals surface area (Å²) < 4.78 is 60.1. The van der Waals surface area contributed by atoms with Crippen molar-refractivity contribution in [2.45, 2.75) is 13.3 Å². The zero-order chi connectivity index (χ0) is 22.1. The van der Waals surface area contributed by atoms with Crippen LogP contribution in [-0.4, -0.2) is 22.4 Å². The highest BCUT2D eigenvalue weighted by molar-refractivity contribution is 6.32. The predicted molar refractivity (Wildman–Crippen MR) is 99.5 cm³/mol. The highest BCUT2D eigenvalue weighted by Crippen LogP contribution is 2.36. The monoisotopic (exact) mass is 441 g/mol. The molecule has 0 aliphatic carbocycles. The highest BCUT2D eigenvalue weighted by atomic mass is 35.5. The first-order valence-corrected chi connectivity index (χ1v) is 8.64. The fourth-order valence-corrected chi connectivity index (χ4v) is 2.68. The van der Waals surface area contributed by atoms with Crippen LogP contribution in [-0.2, 0) is 0 Å². The summed E-state index contributed by atoms with van der Waals surface area (Å²) in [5, 5.41) is 9.13. The van der Waals surface area contributed by atoms with E-state index in [1.165, 1.54) is 18.2 Å². The Balaban J connectivity index is 1.98. The van der Waals surface area contributed by atoms with Gasteiger partial charge in [0, 0.05) is 23.9 Å². The number of hydrogen-bond acceptors (Lipinski definition) is 4. The van der Waals surface area contributed by atoms with Crippen LogP contribution in [0, 0.1) is 12.7 Å². The molecular weight excluding hydrogens is 430 g/mol. The van der Waals surface area contributed by atoms with E-state index in [9.17, 15) is 27.5 Å². The Bertz CT molecular complexity index is 1120. The summed E-state index contributed by atoms with van der Waals surface area (Å²) in [4.78, 5) is 15.5. The second-order valence-corrected chi connectivity index (χ2v) is 6.48. The molecule has 0 spiro atoms. The third-order valence-electron chi connectivity index (χ3n) is 3.92. The number of carbonyl (C=O) groups is 1. The molecule has 1 N–H and O–H groups in total. The van der Waals surface area contributed by atoms with E-state index in [4.69, 9.17) is 16.3 Å². The number of hydrogen-bond donors (Lipinski definition) is 1. The number of carboxylic acids is 1. The normalized spacial score (nSPS) is 11.3. The lowest BCUT2D eigenvalue weighted by atomic mass is 10.1. The Morgan fingerprint density at radius 2 is 1.83 bits per heavy atom. The van der Waals surface area contributed by atoms with Gasteiger partial charge in [-0.3, -0.25) is 4.98 Å². The number of carboxylic acid groups (broad SMARTS) is 1. The van der Waals surface area contributed by atoms with E-state index >= 15 is 0 Å². The molecule has 1 aromatic heterocycles. The van der Waals surface area contributed by atoms with E-state index in [1.807, 2.05) is 0 Å². The van der Waals surface area contributed by atoms with Crippen LogP contribution in [0.2, 0.25) is 5.02 Å². The molecule has 156 valence electrons. The molecular formula is C20H12ClF4NO4. The fourth-order valence-electron chi connectivity index (χ4n) is 2.47. The Labute approximate surface area is 172 Å². The fraction of sp³-hybridized carbons (Fsp3) is 0.100. The molecule has 0 fully saturated rings. The minimum absolute atomic E-state index is 0.110. The van der Waals surface area contributed by atoms with E-state index in [2.05, 4.69) is 9.72 Å². The van der Waals surface area contributed by atoms with Crippen molar-refractivity contribution >= 4 is 17.6 Å². The number of aryl methyl sites for hydroxylation is 1. The second-order valence-electron chi connectivity index (χ2n) is 6.08. The lowest BCUT2D eigenvalue weighted by Crippen LogP contribution is -2.17. The number of ether oxygens (including phenoxy) is 2. The average molecular weight is 442 g/mol. The molecule has 0 bridgehead atoms. The van der Waals surface area contributed by atoms with Crippen molar-refractivity contribution in [1.82, 2.24) is 4.98 Å². The van der Waals surface area contributed by atoms with Crippen LogP contribution in [0.4, 0.5) is 17.6 Å². The summed E-state index contributed by atoms with van der Waals surface area (Å²) in [6.45, 7) is 1.59. The summed E-state index contributed by atoms with van der Waals surface area (Å²) in [5.41, 5.74) is 0.699. The van der Waals surface area contributed by atoms with Gasteiger partial charge in [0.25, 0.3) is 0 Å². The van der Waals surface area contributed by atoms with Gasteiger partial charge >= 0.3 is 12.3 Å². The Kier molecular flexibility index (Phi) is 5.84. The Morgan fingerprint density at radius 3 is 2.43 bits per heavy atom. The van der Waals surface area contributed by atoms with Crippen molar-refractivity contribution in [3.63, 3.8) is 0 Å². The second kappa shape index (κ2) is 8.19. The summed E-state index contributed by atoms with van der Waals surface area (Å²) >= 11 is 5.95. The molecule has 30 heavy (non-hydrogen) atoms. The van der Waals surface area contributed by atoms with E-state index < -0.39 is 23.9 Å². The van der Waals surface area contributed by atoms with Crippen LogP contribution in [0.25, 0.3) is 11.3 Å². The van der Waals surface area contributed by atoms with Crippen LogP contribution in [0.15, 0.2) is 48.7 Å². The van der Waals surface area contributed by atoms with E-state index in [1.54, 1.807) is 13.0 Å². The number of nitrogens with zero attached hydrogens (tertiary/aromatic N) is 1. The first-order chi connectivity index (χ1) is 14.0. The van der Waals surface area contributed by atoms with Gasteiger partial charge in [-0.2, -0.15) is 0 Å². The molecule has 0 saturated heterocycles. The number of pyridine rings is 1. The molecule has 0 atom stereocenters. The number of halogens is 5. The number of aromatic carboxylic acids is 1. The Hall–Kier alpha value is -3.33. The molecule has 0 aliphatic rings. The van der Waals surface area contributed by atoms with Gasteiger partial charge in [0.15, 0.2) is 0 Å². The smallest absolute Gasteiger partial charge is 0.477 e. The summed E-state index contributed by atoms with van der Waals surface area (Å²) in [5.74, 6) is -2.68. The van der Waals surface area contributed by atoms with Crippen LogP contribution >= 0.6 is 11.6 Å². The largest absolute Gasteiger partial charge is 0.573 e. The standard InChI is InChI=1S/C20H12ClF4NO4/c1-10-2-3-11(6-15(10)22)16-8-18(13(9-26-16)19(27)28)29-17-5-4-12(7-14(17)21)30-20(23,24)25/h2-9H,1H3,(H,27,28). The van der Waals surface area contributed by atoms with Gasteiger partial charge < -0.3 is 14.6 Å². The van der Waals surface area contributed by atoms with Crippen molar-refractivity contribution in [3.8, 4) is 28.5 Å². The Morgan fingerprint density at radius 1 is 1.10 bits per heavy atom. The third-order valence-corrected chi connectivity index (χ3v) is 4.22. The van der Waals surface area contributed by atoms with Crippen LogP contribution in [0.5, 0.6) is 17.2 Å². The van der Waals surface area contributed by atoms with Crippen LogP contribution in [0.1, 0.15) is 15.9 Å². The van der Waals surface area contributed by atoms with E-state index in [-0.39, 0.29) is 27.8 Å². The van der Waals surface area contributed by atoms with Gasteiger partial charge in [-0.1, -0.05) is 23.7 Å². The quantitative estimate of drug-likeness (QED) is 0.475. The molecule has 1 heterocycles. The minimum Gasteiger partial charge on any atom is -0.477 e. The molecule has 10 heteroatoms. The first-order valence-electron chi connectivity index (χ1n) is 8.26. The number of benzene rings is 2. The maximum absolute atomic E-state index is 13.9. The number of alkyl halides is 3. The summed E-state index contributed by atoms with van der Waals surface area (Å²) in [6, 6.07) is 8.58. The molecule has 0 amide bonds. The van der Waals surface area contributed by atoms with Crippen molar-refractivity contribution < 1.29 is 36.9 Å². The van der Waals surface area contributed by atoms with Crippen molar-refractivity contribution in [3.05, 3.63) is 70.6 Å². The van der Waals surface area contributed by atoms with E-state index in [0.717, 1.165) is 24.4 Å². The van der Waals surface area contributed by atoms with Gasteiger partial charge in [0.2, 0.25) is 0 Å². The van der Waals surface area contributed by atoms with Gasteiger partial charge in [0.05, 0.1) is 10.7 Å². The molecule has 3 rings (SSSR count). The molecule has 5 nitrogen and oxygen atoms in total. The number of aromatic nitrogens is 1. The average Bonchev–Trinajstić information content (AvgIpc) is 2.64. The topological polar surface area (TPSA) is 68.7 Å². The van der Waals surface area contributed by atoms with Crippen LogP contribution in [0.3, 0.4) is 0 Å². The number of rotatable bonds is 5. The zero-order valence-electron chi connectivity index (χ0n) is 15.1. The maximum atomic E-state index is 13.9.